The normalized spacial score (nSPS) is 9.86. The average molecular weight is 397 g/mol. The number of carbonyl (C=O) groups is 1. The molecule has 28 heavy (non-hydrogen) atoms. The van der Waals surface area contributed by atoms with E-state index in [0.717, 1.165) is 5.75 Å². The highest BCUT2D eigenvalue weighted by Crippen LogP contribution is 2.18. The molecule has 0 fully saturated rings. The molecule has 0 radical (unpaired) electrons. The highest BCUT2D eigenvalue weighted by molar-refractivity contribution is 7.80. The van der Waals surface area contributed by atoms with Gasteiger partial charge in [-0.05, 0) is 36.5 Å². The number of nitrogens with zero attached hydrogens (tertiary/aromatic N) is 1. The van der Waals surface area contributed by atoms with Gasteiger partial charge in [-0.25, -0.2) is 0 Å². The van der Waals surface area contributed by atoms with Gasteiger partial charge in [0.25, 0.3) is 5.91 Å². The predicted octanol–water partition coefficient (Wildman–Crippen LogP) is 3.83. The molecule has 0 heterocycles. The quantitative estimate of drug-likeness (QED) is 0.376. The van der Waals surface area contributed by atoms with Crippen LogP contribution >= 0.6 is 12.2 Å². The molecule has 0 aliphatic rings. The Labute approximate surface area is 171 Å². The van der Waals surface area contributed by atoms with E-state index in [1.807, 2.05) is 36.4 Å². The van der Waals surface area contributed by atoms with Crippen molar-refractivity contribution in [2.45, 2.75) is 0 Å². The van der Waals surface area contributed by atoms with Gasteiger partial charge in [-0.2, -0.15) is 0 Å². The van der Waals surface area contributed by atoms with Crippen LogP contribution in [0.5, 0.6) is 11.5 Å². The summed E-state index contributed by atoms with van der Waals surface area (Å²) in [6.45, 7) is 9.10. The van der Waals surface area contributed by atoms with Crippen molar-refractivity contribution < 1.29 is 14.3 Å². The van der Waals surface area contributed by atoms with Crippen LogP contribution in [0.1, 0.15) is 10.4 Å². The third-order valence-corrected chi connectivity index (χ3v) is 4.05. The summed E-state index contributed by atoms with van der Waals surface area (Å²) in [4.78, 5) is 14.4. The van der Waals surface area contributed by atoms with E-state index in [1.54, 1.807) is 35.3 Å². The lowest BCUT2D eigenvalue weighted by molar-refractivity contribution is 0.0968. The zero-order valence-corrected chi connectivity index (χ0v) is 16.5. The van der Waals surface area contributed by atoms with E-state index in [0.29, 0.717) is 42.7 Å². The monoisotopic (exact) mass is 396 g/mol. The van der Waals surface area contributed by atoms with E-state index in [1.165, 1.54) is 0 Å². The van der Waals surface area contributed by atoms with Gasteiger partial charge in [0.05, 0.1) is 5.56 Å². The zero-order valence-electron chi connectivity index (χ0n) is 15.7. The Morgan fingerprint density at radius 3 is 2.25 bits per heavy atom. The zero-order chi connectivity index (χ0) is 20.2. The maximum absolute atomic E-state index is 12.7. The number of carbonyl (C=O) groups excluding carboxylic acids is 1. The minimum atomic E-state index is -0.331. The summed E-state index contributed by atoms with van der Waals surface area (Å²) in [5, 5.41) is 3.05. The molecule has 0 bridgehead atoms. The van der Waals surface area contributed by atoms with Crippen LogP contribution in [0.25, 0.3) is 0 Å². The third kappa shape index (κ3) is 6.55. The number of hydrogen-bond acceptors (Lipinski definition) is 4. The molecule has 0 aliphatic heterocycles. The Morgan fingerprint density at radius 1 is 0.964 bits per heavy atom. The van der Waals surface area contributed by atoms with Crippen molar-refractivity contribution in [1.82, 2.24) is 10.2 Å². The molecular weight excluding hydrogens is 372 g/mol. The summed E-state index contributed by atoms with van der Waals surface area (Å²) in [6.07, 6.45) is 3.43. The molecule has 0 aliphatic carbocycles. The van der Waals surface area contributed by atoms with E-state index in [-0.39, 0.29) is 5.91 Å². The van der Waals surface area contributed by atoms with Crippen LogP contribution in [0.2, 0.25) is 0 Å². The Bertz CT molecular complexity index is 798. The summed E-state index contributed by atoms with van der Waals surface area (Å²) in [5.41, 5.74) is 0.404. The second kappa shape index (κ2) is 11.6. The fraction of sp³-hybridized carbons (Fsp3) is 0.182. The molecule has 1 amide bonds. The molecule has 5 nitrogen and oxygen atoms in total. The van der Waals surface area contributed by atoms with Gasteiger partial charge in [0.1, 0.15) is 24.7 Å². The first kappa shape index (κ1) is 21.2. The maximum atomic E-state index is 12.7. The molecule has 146 valence electrons. The van der Waals surface area contributed by atoms with Gasteiger partial charge < -0.3 is 14.4 Å². The highest BCUT2D eigenvalue weighted by Gasteiger charge is 2.16. The van der Waals surface area contributed by atoms with Gasteiger partial charge in [-0.3, -0.25) is 10.1 Å². The number of para-hydroxylation sites is 2. The number of amides is 1. The largest absolute Gasteiger partial charge is 0.490 e. The Balaban J connectivity index is 1.94. The smallest absolute Gasteiger partial charge is 0.261 e. The number of hydrogen-bond donors (Lipinski definition) is 1. The molecule has 2 aromatic rings. The van der Waals surface area contributed by atoms with Crippen molar-refractivity contribution in [3.63, 3.8) is 0 Å². The van der Waals surface area contributed by atoms with Gasteiger partial charge in [0, 0.05) is 13.1 Å². The number of rotatable bonds is 10. The van der Waals surface area contributed by atoms with Gasteiger partial charge in [-0.15, -0.1) is 13.2 Å². The maximum Gasteiger partial charge on any atom is 0.261 e. The Kier molecular flexibility index (Phi) is 8.75. The minimum Gasteiger partial charge on any atom is -0.490 e. The first-order valence-electron chi connectivity index (χ1n) is 8.87. The van der Waals surface area contributed by atoms with Crippen LogP contribution in [0, 0.1) is 0 Å². The van der Waals surface area contributed by atoms with Crippen molar-refractivity contribution in [3.05, 3.63) is 85.5 Å². The van der Waals surface area contributed by atoms with Crippen molar-refractivity contribution in [2.75, 3.05) is 26.3 Å². The molecule has 1 N–H and O–H groups in total. The van der Waals surface area contributed by atoms with E-state index >= 15 is 0 Å². The number of ether oxygens (including phenoxy) is 2. The van der Waals surface area contributed by atoms with Crippen LogP contribution < -0.4 is 14.8 Å². The van der Waals surface area contributed by atoms with Crippen molar-refractivity contribution in [3.8, 4) is 11.5 Å². The van der Waals surface area contributed by atoms with E-state index in [4.69, 9.17) is 21.7 Å². The molecular formula is C22H24N2O3S. The highest BCUT2D eigenvalue weighted by atomic mass is 32.1. The molecule has 6 heteroatoms. The third-order valence-electron chi connectivity index (χ3n) is 3.69. The lowest BCUT2D eigenvalue weighted by atomic mass is 10.2. The number of thiocarbonyl (C=S) groups is 1. The summed E-state index contributed by atoms with van der Waals surface area (Å²) < 4.78 is 11.3. The summed E-state index contributed by atoms with van der Waals surface area (Å²) >= 11 is 5.32. The van der Waals surface area contributed by atoms with Gasteiger partial charge >= 0.3 is 0 Å². The second-order valence-electron chi connectivity index (χ2n) is 5.75. The van der Waals surface area contributed by atoms with Crippen LogP contribution in [0.15, 0.2) is 79.9 Å². The van der Waals surface area contributed by atoms with Crippen molar-refractivity contribution in [2.24, 2.45) is 0 Å². The summed E-state index contributed by atoms with van der Waals surface area (Å²) in [6, 6.07) is 16.5. The Morgan fingerprint density at radius 2 is 1.57 bits per heavy atom. The van der Waals surface area contributed by atoms with E-state index in [9.17, 15) is 4.79 Å². The second-order valence-corrected chi connectivity index (χ2v) is 6.13. The SMILES string of the molecule is C=CCN(CC=C)C(=S)NC(=O)c1ccccc1OCCOc1ccccc1. The summed E-state index contributed by atoms with van der Waals surface area (Å²) in [7, 11) is 0. The first-order chi connectivity index (χ1) is 13.7. The minimum absolute atomic E-state index is 0.308. The topological polar surface area (TPSA) is 50.8 Å². The van der Waals surface area contributed by atoms with Crippen LogP contribution in [-0.4, -0.2) is 42.2 Å². The van der Waals surface area contributed by atoms with E-state index in [2.05, 4.69) is 18.5 Å². The lowest BCUT2D eigenvalue weighted by Crippen LogP contribution is -2.42. The van der Waals surface area contributed by atoms with Gasteiger partial charge in [-0.1, -0.05) is 42.5 Å². The molecule has 2 rings (SSSR count). The first-order valence-corrected chi connectivity index (χ1v) is 9.28. The lowest BCUT2D eigenvalue weighted by Gasteiger charge is -2.22. The molecule has 0 aromatic heterocycles. The van der Waals surface area contributed by atoms with Crippen molar-refractivity contribution in [1.29, 1.82) is 0 Å². The molecule has 0 spiro atoms. The van der Waals surface area contributed by atoms with E-state index < -0.39 is 0 Å². The average Bonchev–Trinajstić information content (AvgIpc) is 2.72. The van der Waals surface area contributed by atoms with Gasteiger partial charge in [0.2, 0.25) is 0 Å². The van der Waals surface area contributed by atoms with Crippen LogP contribution in [0.3, 0.4) is 0 Å². The molecule has 0 unspecified atom stereocenters. The molecule has 0 saturated heterocycles. The molecule has 0 saturated carbocycles. The summed E-state index contributed by atoms with van der Waals surface area (Å²) in [5.74, 6) is 0.910. The van der Waals surface area contributed by atoms with Crippen molar-refractivity contribution >= 4 is 23.2 Å². The number of benzene rings is 2. The van der Waals surface area contributed by atoms with Crippen LogP contribution in [-0.2, 0) is 0 Å². The fourth-order valence-electron chi connectivity index (χ4n) is 2.40. The van der Waals surface area contributed by atoms with Crippen LogP contribution in [0.4, 0.5) is 0 Å². The molecule has 2 aromatic carbocycles. The Hall–Kier alpha value is -3.12. The predicted molar refractivity (Wildman–Crippen MR) is 116 cm³/mol. The standard InChI is InChI=1S/C22H24N2O3S/c1-3-14-24(15-4-2)22(28)23-21(25)19-12-8-9-13-20(19)27-17-16-26-18-10-6-5-7-11-18/h3-13H,1-2,14-17H2,(H,23,25,28). The number of nitrogens with one attached hydrogen (secondary N) is 1. The fourth-order valence-corrected chi connectivity index (χ4v) is 2.65. The molecule has 0 atom stereocenters. The van der Waals surface area contributed by atoms with Gasteiger partial charge in [0.15, 0.2) is 5.11 Å².